The SMILES string of the molecule is CC[C@H](/C=C/[C@@H](C)[C@H]1CC[C@H]2[C@@H]3C(O)C=C4C[C@@H](O)CC[C@]4(C)[C@H]3CC[C@]12C)C(C)C. The van der Waals surface area contributed by atoms with Crippen molar-refractivity contribution in [3.63, 3.8) is 0 Å². The highest BCUT2D eigenvalue weighted by atomic mass is 16.3. The zero-order chi connectivity index (χ0) is 22.6. The predicted molar refractivity (Wildman–Crippen MR) is 130 cm³/mol. The lowest BCUT2D eigenvalue weighted by atomic mass is 9.46. The summed E-state index contributed by atoms with van der Waals surface area (Å²) in [5.41, 5.74) is 1.90. The van der Waals surface area contributed by atoms with E-state index >= 15 is 0 Å². The highest BCUT2D eigenvalue weighted by Gasteiger charge is 2.61. The summed E-state index contributed by atoms with van der Waals surface area (Å²) in [7, 11) is 0. The smallest absolute Gasteiger partial charge is 0.0757 e. The molecule has 2 nitrogen and oxygen atoms in total. The van der Waals surface area contributed by atoms with E-state index in [-0.39, 0.29) is 17.6 Å². The van der Waals surface area contributed by atoms with E-state index in [1.807, 2.05) is 0 Å². The second-order valence-corrected chi connectivity index (χ2v) is 12.6. The van der Waals surface area contributed by atoms with Gasteiger partial charge < -0.3 is 10.2 Å². The Morgan fingerprint density at radius 1 is 1.00 bits per heavy atom. The molecule has 0 saturated heterocycles. The van der Waals surface area contributed by atoms with Crippen molar-refractivity contribution in [3.05, 3.63) is 23.8 Å². The molecular weight excluding hydrogens is 380 g/mol. The van der Waals surface area contributed by atoms with Gasteiger partial charge in [0.25, 0.3) is 0 Å². The first kappa shape index (κ1) is 23.6. The van der Waals surface area contributed by atoms with Crippen LogP contribution in [-0.2, 0) is 0 Å². The van der Waals surface area contributed by atoms with Crippen molar-refractivity contribution in [2.75, 3.05) is 0 Å². The van der Waals surface area contributed by atoms with Gasteiger partial charge in [0.2, 0.25) is 0 Å². The fourth-order valence-corrected chi connectivity index (χ4v) is 8.82. The lowest BCUT2D eigenvalue weighted by molar-refractivity contribution is -0.0950. The first-order chi connectivity index (χ1) is 14.6. The van der Waals surface area contributed by atoms with E-state index in [1.54, 1.807) is 0 Å². The molecule has 0 amide bonds. The Morgan fingerprint density at radius 3 is 2.42 bits per heavy atom. The normalized spacial score (nSPS) is 46.9. The van der Waals surface area contributed by atoms with E-state index in [2.05, 4.69) is 59.8 Å². The van der Waals surface area contributed by atoms with E-state index in [4.69, 9.17) is 0 Å². The van der Waals surface area contributed by atoms with Crippen LogP contribution in [0.2, 0.25) is 0 Å². The number of hydrogen-bond acceptors (Lipinski definition) is 2. The van der Waals surface area contributed by atoms with Crippen molar-refractivity contribution >= 4 is 0 Å². The van der Waals surface area contributed by atoms with Crippen molar-refractivity contribution in [3.8, 4) is 0 Å². The molecule has 0 aromatic heterocycles. The van der Waals surface area contributed by atoms with Crippen LogP contribution < -0.4 is 0 Å². The maximum Gasteiger partial charge on any atom is 0.0757 e. The van der Waals surface area contributed by atoms with Crippen LogP contribution in [0.25, 0.3) is 0 Å². The molecule has 1 unspecified atom stereocenters. The molecule has 4 aliphatic rings. The predicted octanol–water partition coefficient (Wildman–Crippen LogP) is 6.77. The van der Waals surface area contributed by atoms with E-state index in [9.17, 15) is 10.2 Å². The summed E-state index contributed by atoms with van der Waals surface area (Å²) in [5.74, 6) is 4.38. The summed E-state index contributed by atoms with van der Waals surface area (Å²) in [6.45, 7) is 14.5. The van der Waals surface area contributed by atoms with Crippen LogP contribution in [0.4, 0.5) is 0 Å². The molecular formula is C29H48O2. The Labute approximate surface area is 191 Å². The molecule has 0 radical (unpaired) electrons. The molecule has 0 heterocycles. The highest BCUT2D eigenvalue weighted by molar-refractivity contribution is 5.28. The second kappa shape index (κ2) is 8.64. The third-order valence-electron chi connectivity index (χ3n) is 10.8. The van der Waals surface area contributed by atoms with Gasteiger partial charge in [0.1, 0.15) is 0 Å². The summed E-state index contributed by atoms with van der Waals surface area (Å²) in [6, 6.07) is 0. The van der Waals surface area contributed by atoms with E-state index in [1.165, 1.54) is 37.7 Å². The number of fused-ring (bicyclic) bond motifs is 5. The summed E-state index contributed by atoms with van der Waals surface area (Å²) >= 11 is 0. The third kappa shape index (κ3) is 3.88. The number of aliphatic hydroxyl groups is 2. The standard InChI is InChI=1S/C29H48O2/c1-7-20(18(2)3)9-8-19(4)23-10-11-24-27-25(13-15-29(23,24)6)28(5)14-12-22(30)16-21(28)17-26(27)31/h8-9,17-20,22-27,30-31H,7,10-16H2,1-6H3/b9-8+/t19-,20-,22+,23-,24+,25+,26?,27+,28+,29-/m1/s1. The molecule has 176 valence electrons. The van der Waals surface area contributed by atoms with Crippen LogP contribution in [0.5, 0.6) is 0 Å². The van der Waals surface area contributed by atoms with E-state index in [0.717, 1.165) is 25.2 Å². The molecule has 3 fully saturated rings. The molecule has 0 spiro atoms. The van der Waals surface area contributed by atoms with Crippen molar-refractivity contribution in [1.82, 2.24) is 0 Å². The second-order valence-electron chi connectivity index (χ2n) is 12.6. The fourth-order valence-electron chi connectivity index (χ4n) is 8.82. The van der Waals surface area contributed by atoms with Crippen LogP contribution >= 0.6 is 0 Å². The average Bonchev–Trinajstić information content (AvgIpc) is 3.06. The van der Waals surface area contributed by atoms with Crippen LogP contribution in [0.15, 0.2) is 23.8 Å². The molecule has 0 aromatic rings. The van der Waals surface area contributed by atoms with Gasteiger partial charge in [-0.05, 0) is 104 Å². The van der Waals surface area contributed by atoms with Crippen LogP contribution in [-0.4, -0.2) is 22.4 Å². The molecule has 4 aliphatic carbocycles. The molecule has 31 heavy (non-hydrogen) atoms. The van der Waals surface area contributed by atoms with Crippen molar-refractivity contribution in [2.45, 2.75) is 105 Å². The summed E-state index contributed by atoms with van der Waals surface area (Å²) < 4.78 is 0. The Hall–Kier alpha value is -0.600. The molecule has 10 atom stereocenters. The lowest BCUT2D eigenvalue weighted by Crippen LogP contribution is -2.54. The van der Waals surface area contributed by atoms with Gasteiger partial charge in [-0.3, -0.25) is 0 Å². The summed E-state index contributed by atoms with van der Waals surface area (Å²) in [6.07, 6.45) is 15.9. The van der Waals surface area contributed by atoms with Crippen molar-refractivity contribution < 1.29 is 10.2 Å². The van der Waals surface area contributed by atoms with Gasteiger partial charge in [-0.25, -0.2) is 0 Å². The largest absolute Gasteiger partial charge is 0.393 e. The van der Waals surface area contributed by atoms with Crippen molar-refractivity contribution in [2.24, 2.45) is 52.3 Å². The van der Waals surface area contributed by atoms with E-state index < -0.39 is 0 Å². The third-order valence-corrected chi connectivity index (χ3v) is 10.8. The monoisotopic (exact) mass is 428 g/mol. The van der Waals surface area contributed by atoms with Crippen molar-refractivity contribution in [1.29, 1.82) is 0 Å². The Balaban J connectivity index is 1.56. The summed E-state index contributed by atoms with van der Waals surface area (Å²) in [4.78, 5) is 0. The quantitative estimate of drug-likeness (QED) is 0.474. The fraction of sp³-hybridized carbons (Fsp3) is 0.862. The number of rotatable bonds is 5. The Bertz CT molecular complexity index is 708. The Kier molecular flexibility index (Phi) is 6.56. The van der Waals surface area contributed by atoms with Gasteiger partial charge >= 0.3 is 0 Å². The molecule has 0 aromatic carbocycles. The zero-order valence-electron chi connectivity index (χ0n) is 21.0. The number of aliphatic hydroxyl groups excluding tert-OH is 2. The first-order valence-corrected chi connectivity index (χ1v) is 13.4. The minimum Gasteiger partial charge on any atom is -0.393 e. The number of hydrogen-bond donors (Lipinski definition) is 2. The average molecular weight is 429 g/mol. The molecule has 2 heteroatoms. The van der Waals surface area contributed by atoms with Crippen LogP contribution in [0.3, 0.4) is 0 Å². The Morgan fingerprint density at radius 2 is 1.74 bits per heavy atom. The van der Waals surface area contributed by atoms with Gasteiger partial charge in [-0.2, -0.15) is 0 Å². The maximum absolute atomic E-state index is 11.3. The highest BCUT2D eigenvalue weighted by Crippen LogP contribution is 2.67. The van der Waals surface area contributed by atoms with E-state index in [0.29, 0.717) is 40.9 Å². The molecule has 2 N–H and O–H groups in total. The minimum atomic E-state index is -0.321. The van der Waals surface area contributed by atoms with Gasteiger partial charge in [0, 0.05) is 0 Å². The molecule has 0 bridgehead atoms. The van der Waals surface area contributed by atoms with Crippen LogP contribution in [0.1, 0.15) is 92.9 Å². The molecule has 4 rings (SSSR count). The molecule has 3 saturated carbocycles. The topological polar surface area (TPSA) is 40.5 Å². The van der Waals surface area contributed by atoms with Crippen LogP contribution in [0, 0.1) is 52.3 Å². The lowest BCUT2D eigenvalue weighted by Gasteiger charge is -2.59. The van der Waals surface area contributed by atoms with Gasteiger partial charge in [0.15, 0.2) is 0 Å². The zero-order valence-corrected chi connectivity index (χ0v) is 21.0. The first-order valence-electron chi connectivity index (χ1n) is 13.4. The van der Waals surface area contributed by atoms with Gasteiger partial charge in [-0.1, -0.05) is 65.3 Å². The maximum atomic E-state index is 11.3. The molecule has 0 aliphatic heterocycles. The minimum absolute atomic E-state index is 0.194. The number of allylic oxidation sites excluding steroid dienone is 2. The van der Waals surface area contributed by atoms with Gasteiger partial charge in [-0.15, -0.1) is 0 Å². The summed E-state index contributed by atoms with van der Waals surface area (Å²) in [5, 5.41) is 21.6. The van der Waals surface area contributed by atoms with Gasteiger partial charge in [0.05, 0.1) is 12.2 Å².